The number of aromatic nitrogens is 2. The standard InChI is InChI=1S/C14H28N4O2/c1-5-18(8-6-9-19)14-13(11-15-7-10-20-4)12(2)16-17(14)3/h15,19H,5-11H2,1-4H3. The fourth-order valence-electron chi connectivity index (χ4n) is 2.36. The number of aliphatic hydroxyl groups is 1. The number of aliphatic hydroxyl groups excluding tert-OH is 1. The Balaban J connectivity index is 2.81. The summed E-state index contributed by atoms with van der Waals surface area (Å²) in [7, 11) is 3.68. The second-order valence-corrected chi connectivity index (χ2v) is 4.84. The SMILES string of the molecule is CCN(CCCO)c1c(CNCCOC)c(C)nn1C. The Morgan fingerprint density at radius 1 is 1.45 bits per heavy atom. The molecule has 0 saturated heterocycles. The number of hydrogen-bond acceptors (Lipinski definition) is 5. The summed E-state index contributed by atoms with van der Waals surface area (Å²) in [6.45, 7) is 8.45. The van der Waals surface area contributed by atoms with Crippen LogP contribution < -0.4 is 10.2 Å². The third-order valence-electron chi connectivity index (χ3n) is 3.37. The van der Waals surface area contributed by atoms with Crippen molar-refractivity contribution >= 4 is 5.82 Å². The van der Waals surface area contributed by atoms with Gasteiger partial charge in [0, 0.05) is 52.5 Å². The number of anilines is 1. The van der Waals surface area contributed by atoms with Crippen LogP contribution in [0.1, 0.15) is 24.6 Å². The van der Waals surface area contributed by atoms with E-state index in [2.05, 4.69) is 22.2 Å². The lowest BCUT2D eigenvalue weighted by Gasteiger charge is -2.24. The number of nitrogens with zero attached hydrogens (tertiary/aromatic N) is 3. The molecule has 0 radical (unpaired) electrons. The summed E-state index contributed by atoms with van der Waals surface area (Å²) in [4.78, 5) is 2.27. The molecule has 0 fully saturated rings. The van der Waals surface area contributed by atoms with E-state index >= 15 is 0 Å². The quantitative estimate of drug-likeness (QED) is 0.619. The van der Waals surface area contributed by atoms with Crippen molar-refractivity contribution in [2.75, 3.05) is 44.9 Å². The van der Waals surface area contributed by atoms with Crippen LogP contribution in [0.2, 0.25) is 0 Å². The molecule has 1 heterocycles. The fraction of sp³-hybridized carbons (Fsp3) is 0.786. The number of ether oxygens (including phenoxy) is 1. The van der Waals surface area contributed by atoms with E-state index in [-0.39, 0.29) is 6.61 Å². The van der Waals surface area contributed by atoms with Gasteiger partial charge >= 0.3 is 0 Å². The average Bonchev–Trinajstić information content (AvgIpc) is 2.71. The predicted molar refractivity (Wildman–Crippen MR) is 81.1 cm³/mol. The third kappa shape index (κ3) is 4.47. The van der Waals surface area contributed by atoms with Crippen LogP contribution in [0.25, 0.3) is 0 Å². The first kappa shape index (κ1) is 16.9. The van der Waals surface area contributed by atoms with Crippen molar-refractivity contribution < 1.29 is 9.84 Å². The lowest BCUT2D eigenvalue weighted by Crippen LogP contribution is -2.29. The van der Waals surface area contributed by atoms with E-state index in [9.17, 15) is 0 Å². The maximum atomic E-state index is 9.03. The van der Waals surface area contributed by atoms with E-state index in [1.807, 2.05) is 18.7 Å². The minimum Gasteiger partial charge on any atom is -0.396 e. The molecule has 0 saturated carbocycles. The predicted octanol–water partition coefficient (Wildman–Crippen LogP) is 0.673. The van der Waals surface area contributed by atoms with Crippen LogP contribution in [0.4, 0.5) is 5.82 Å². The summed E-state index contributed by atoms with van der Waals surface area (Å²) in [5.41, 5.74) is 2.28. The van der Waals surface area contributed by atoms with E-state index < -0.39 is 0 Å². The maximum Gasteiger partial charge on any atom is 0.131 e. The lowest BCUT2D eigenvalue weighted by atomic mass is 10.2. The topological polar surface area (TPSA) is 62.6 Å². The zero-order chi connectivity index (χ0) is 15.0. The molecule has 0 unspecified atom stereocenters. The van der Waals surface area contributed by atoms with Gasteiger partial charge in [-0.2, -0.15) is 5.10 Å². The van der Waals surface area contributed by atoms with Gasteiger partial charge in [-0.3, -0.25) is 4.68 Å². The van der Waals surface area contributed by atoms with Crippen molar-refractivity contribution in [3.8, 4) is 0 Å². The Kier molecular flexibility index (Phi) is 7.58. The van der Waals surface area contributed by atoms with Crippen LogP contribution in [-0.2, 0) is 18.3 Å². The first-order valence-corrected chi connectivity index (χ1v) is 7.23. The monoisotopic (exact) mass is 284 g/mol. The van der Waals surface area contributed by atoms with Crippen molar-refractivity contribution in [1.29, 1.82) is 0 Å². The number of aryl methyl sites for hydroxylation is 2. The highest BCUT2D eigenvalue weighted by atomic mass is 16.5. The molecule has 0 aromatic carbocycles. The van der Waals surface area contributed by atoms with Crippen LogP contribution in [0.3, 0.4) is 0 Å². The van der Waals surface area contributed by atoms with Gasteiger partial charge in [-0.1, -0.05) is 0 Å². The molecule has 0 atom stereocenters. The van der Waals surface area contributed by atoms with Crippen molar-refractivity contribution in [3.05, 3.63) is 11.3 Å². The van der Waals surface area contributed by atoms with Crippen molar-refractivity contribution in [1.82, 2.24) is 15.1 Å². The Hall–Kier alpha value is -1.11. The van der Waals surface area contributed by atoms with Gasteiger partial charge < -0.3 is 20.1 Å². The van der Waals surface area contributed by atoms with Gasteiger partial charge in [0.2, 0.25) is 0 Å². The number of hydrogen-bond donors (Lipinski definition) is 2. The van der Waals surface area contributed by atoms with Crippen LogP contribution in [0, 0.1) is 6.92 Å². The van der Waals surface area contributed by atoms with Gasteiger partial charge in [-0.15, -0.1) is 0 Å². The minimum atomic E-state index is 0.217. The summed E-state index contributed by atoms with van der Waals surface area (Å²) in [6.07, 6.45) is 0.772. The highest BCUT2D eigenvalue weighted by Gasteiger charge is 2.17. The Morgan fingerprint density at radius 3 is 2.80 bits per heavy atom. The van der Waals surface area contributed by atoms with E-state index in [1.165, 1.54) is 5.56 Å². The van der Waals surface area contributed by atoms with Crippen molar-refractivity contribution in [2.24, 2.45) is 7.05 Å². The Morgan fingerprint density at radius 2 is 2.20 bits per heavy atom. The summed E-state index contributed by atoms with van der Waals surface area (Å²) >= 11 is 0. The van der Waals surface area contributed by atoms with Gasteiger partial charge in [-0.25, -0.2) is 0 Å². The third-order valence-corrected chi connectivity index (χ3v) is 3.37. The Labute approximate surface area is 121 Å². The Bertz CT molecular complexity index is 393. The molecular weight excluding hydrogens is 256 g/mol. The molecule has 1 rings (SSSR count). The largest absolute Gasteiger partial charge is 0.396 e. The van der Waals surface area contributed by atoms with Crippen LogP contribution in [0.15, 0.2) is 0 Å². The molecule has 116 valence electrons. The van der Waals surface area contributed by atoms with Crippen LogP contribution in [-0.4, -0.2) is 54.8 Å². The average molecular weight is 284 g/mol. The molecule has 1 aromatic heterocycles. The highest BCUT2D eigenvalue weighted by Crippen LogP contribution is 2.23. The lowest BCUT2D eigenvalue weighted by molar-refractivity contribution is 0.199. The van der Waals surface area contributed by atoms with Crippen LogP contribution in [0.5, 0.6) is 0 Å². The molecule has 0 aliphatic heterocycles. The van der Waals surface area contributed by atoms with Crippen molar-refractivity contribution in [2.45, 2.75) is 26.8 Å². The first-order valence-electron chi connectivity index (χ1n) is 7.23. The summed E-state index contributed by atoms with van der Waals surface area (Å²) < 4.78 is 6.98. The van der Waals surface area contributed by atoms with Crippen LogP contribution >= 0.6 is 0 Å². The normalized spacial score (nSPS) is 11.1. The minimum absolute atomic E-state index is 0.217. The molecule has 6 nitrogen and oxygen atoms in total. The number of methoxy groups -OCH3 is 1. The molecule has 0 spiro atoms. The van der Waals surface area contributed by atoms with E-state index in [0.29, 0.717) is 6.61 Å². The molecule has 0 bridgehead atoms. The van der Waals surface area contributed by atoms with Gasteiger partial charge in [0.25, 0.3) is 0 Å². The second-order valence-electron chi connectivity index (χ2n) is 4.84. The zero-order valence-corrected chi connectivity index (χ0v) is 13.1. The fourth-order valence-corrected chi connectivity index (χ4v) is 2.36. The summed E-state index contributed by atoms with van der Waals surface area (Å²) in [6, 6.07) is 0. The second kappa shape index (κ2) is 8.94. The van der Waals surface area contributed by atoms with E-state index in [4.69, 9.17) is 9.84 Å². The molecule has 2 N–H and O–H groups in total. The summed E-state index contributed by atoms with van der Waals surface area (Å²) in [5, 5.41) is 16.9. The van der Waals surface area contributed by atoms with Crippen molar-refractivity contribution in [3.63, 3.8) is 0 Å². The molecule has 0 amide bonds. The first-order chi connectivity index (χ1) is 9.65. The van der Waals surface area contributed by atoms with E-state index in [0.717, 1.165) is 44.1 Å². The summed E-state index contributed by atoms with van der Waals surface area (Å²) in [5.74, 6) is 1.14. The molecule has 6 heteroatoms. The van der Waals surface area contributed by atoms with Gasteiger partial charge in [0.1, 0.15) is 5.82 Å². The molecule has 1 aromatic rings. The van der Waals surface area contributed by atoms with E-state index in [1.54, 1.807) is 7.11 Å². The zero-order valence-electron chi connectivity index (χ0n) is 13.1. The maximum absolute atomic E-state index is 9.03. The highest BCUT2D eigenvalue weighted by molar-refractivity contribution is 5.50. The van der Waals surface area contributed by atoms with Gasteiger partial charge in [-0.05, 0) is 20.3 Å². The number of rotatable bonds is 10. The van der Waals surface area contributed by atoms with Gasteiger partial charge in [0.15, 0.2) is 0 Å². The smallest absolute Gasteiger partial charge is 0.131 e. The van der Waals surface area contributed by atoms with Gasteiger partial charge in [0.05, 0.1) is 12.3 Å². The molecule has 0 aliphatic rings. The molecule has 0 aliphatic carbocycles. The molecular formula is C14H28N4O2. The molecule has 20 heavy (non-hydrogen) atoms. The number of nitrogens with one attached hydrogen (secondary N) is 1.